The van der Waals surface area contributed by atoms with Crippen LogP contribution in [0.1, 0.15) is 38.0 Å². The highest BCUT2D eigenvalue weighted by Crippen LogP contribution is 2.21. The van der Waals surface area contributed by atoms with E-state index < -0.39 is 0 Å². The van der Waals surface area contributed by atoms with Crippen molar-refractivity contribution in [3.63, 3.8) is 0 Å². The van der Waals surface area contributed by atoms with E-state index in [0.717, 1.165) is 44.6 Å². The molecule has 2 fully saturated rings. The van der Waals surface area contributed by atoms with Crippen LogP contribution in [0.2, 0.25) is 0 Å². The van der Waals surface area contributed by atoms with Crippen LogP contribution in [0.25, 0.3) is 11.3 Å². The fourth-order valence-electron chi connectivity index (χ4n) is 4.31. The number of benzene rings is 1. The molecule has 0 bridgehead atoms. The molecule has 0 spiro atoms. The second kappa shape index (κ2) is 10.7. The normalized spacial score (nSPS) is 17.9. The number of oxazole rings is 1. The fraction of sp³-hybridized carbons (Fsp3) is 0.542. The van der Waals surface area contributed by atoms with Crippen molar-refractivity contribution in [2.24, 2.45) is 0 Å². The summed E-state index contributed by atoms with van der Waals surface area (Å²) in [5.41, 5.74) is 0.752. The molecule has 0 saturated carbocycles. The van der Waals surface area contributed by atoms with E-state index in [2.05, 4.69) is 9.88 Å². The first-order valence-electron chi connectivity index (χ1n) is 11.6. The number of aromatic nitrogens is 1. The van der Waals surface area contributed by atoms with Gasteiger partial charge < -0.3 is 14.2 Å². The number of hydrogen-bond donors (Lipinski definition) is 0. The topological polar surface area (TPSA) is 69.9 Å². The molecule has 7 nitrogen and oxygen atoms in total. The summed E-state index contributed by atoms with van der Waals surface area (Å²) in [4.78, 5) is 35.5. The summed E-state index contributed by atoms with van der Waals surface area (Å²) < 4.78 is 18.8. The highest BCUT2D eigenvalue weighted by atomic mass is 19.1. The summed E-state index contributed by atoms with van der Waals surface area (Å²) in [6, 6.07) is 6.04. The van der Waals surface area contributed by atoms with Crippen LogP contribution < -0.4 is 0 Å². The van der Waals surface area contributed by atoms with Crippen molar-refractivity contribution in [1.82, 2.24) is 19.7 Å². The lowest BCUT2D eigenvalue weighted by Gasteiger charge is -2.35. The van der Waals surface area contributed by atoms with Crippen LogP contribution in [0.5, 0.6) is 0 Å². The van der Waals surface area contributed by atoms with Crippen LogP contribution in [-0.2, 0) is 16.0 Å². The zero-order valence-electron chi connectivity index (χ0n) is 18.5. The Morgan fingerprint density at radius 3 is 2.22 bits per heavy atom. The Morgan fingerprint density at radius 2 is 1.53 bits per heavy atom. The maximum absolute atomic E-state index is 13.1. The third kappa shape index (κ3) is 5.94. The van der Waals surface area contributed by atoms with Crippen LogP contribution >= 0.6 is 0 Å². The largest absolute Gasteiger partial charge is 0.441 e. The van der Waals surface area contributed by atoms with E-state index in [1.807, 2.05) is 9.80 Å². The molecule has 2 saturated heterocycles. The second-order valence-corrected chi connectivity index (χ2v) is 8.58. The number of hydrogen-bond acceptors (Lipinski definition) is 5. The predicted molar refractivity (Wildman–Crippen MR) is 118 cm³/mol. The lowest BCUT2D eigenvalue weighted by molar-refractivity contribution is -0.135. The molecule has 2 aliphatic rings. The SMILES string of the molecule is O=C(CCc1ncc(-c2ccc(F)cc2)o1)N1CCN(CC(=O)N2CCCCCC2)CC1. The molecule has 172 valence electrons. The van der Waals surface area contributed by atoms with Gasteiger partial charge in [-0.25, -0.2) is 9.37 Å². The molecule has 8 heteroatoms. The third-order valence-corrected chi connectivity index (χ3v) is 6.28. The van der Waals surface area contributed by atoms with Gasteiger partial charge in [-0.1, -0.05) is 12.8 Å². The molecule has 1 aromatic heterocycles. The summed E-state index contributed by atoms with van der Waals surface area (Å²) in [6.45, 7) is 4.92. The molecule has 2 aromatic rings. The smallest absolute Gasteiger partial charge is 0.236 e. The molecule has 2 aliphatic heterocycles. The van der Waals surface area contributed by atoms with E-state index in [-0.39, 0.29) is 17.6 Å². The third-order valence-electron chi connectivity index (χ3n) is 6.28. The van der Waals surface area contributed by atoms with Crippen molar-refractivity contribution in [3.8, 4) is 11.3 Å². The maximum atomic E-state index is 13.1. The summed E-state index contributed by atoms with van der Waals surface area (Å²) >= 11 is 0. The highest BCUT2D eigenvalue weighted by molar-refractivity contribution is 5.78. The quantitative estimate of drug-likeness (QED) is 0.688. The number of rotatable bonds is 6. The minimum atomic E-state index is -0.300. The van der Waals surface area contributed by atoms with Gasteiger partial charge in [0.05, 0.1) is 12.7 Å². The minimum Gasteiger partial charge on any atom is -0.441 e. The molecule has 0 radical (unpaired) electrons. The Kier molecular flexibility index (Phi) is 7.52. The van der Waals surface area contributed by atoms with Gasteiger partial charge in [-0.15, -0.1) is 0 Å². The van der Waals surface area contributed by atoms with Gasteiger partial charge >= 0.3 is 0 Å². The zero-order chi connectivity index (χ0) is 22.3. The Hall–Kier alpha value is -2.74. The van der Waals surface area contributed by atoms with Gasteiger partial charge in [0.15, 0.2) is 11.7 Å². The fourth-order valence-corrected chi connectivity index (χ4v) is 4.31. The van der Waals surface area contributed by atoms with Gasteiger partial charge in [-0.2, -0.15) is 0 Å². The average molecular weight is 443 g/mol. The molecular formula is C24H31FN4O3. The van der Waals surface area contributed by atoms with Crippen molar-refractivity contribution in [3.05, 3.63) is 42.2 Å². The molecule has 3 heterocycles. The van der Waals surface area contributed by atoms with Crippen LogP contribution in [0.4, 0.5) is 4.39 Å². The lowest BCUT2D eigenvalue weighted by atomic mass is 10.2. The predicted octanol–water partition coefficient (Wildman–Crippen LogP) is 2.96. The summed E-state index contributed by atoms with van der Waals surface area (Å²) in [7, 11) is 0. The monoisotopic (exact) mass is 442 g/mol. The molecule has 4 rings (SSSR count). The van der Waals surface area contributed by atoms with Crippen molar-refractivity contribution in [1.29, 1.82) is 0 Å². The summed E-state index contributed by atoms with van der Waals surface area (Å²) in [5, 5.41) is 0. The van der Waals surface area contributed by atoms with Gasteiger partial charge in [0.1, 0.15) is 5.82 Å². The van der Waals surface area contributed by atoms with Gasteiger partial charge in [0.2, 0.25) is 11.8 Å². The lowest BCUT2D eigenvalue weighted by Crippen LogP contribution is -2.51. The number of aryl methyl sites for hydroxylation is 1. The molecule has 1 aromatic carbocycles. The second-order valence-electron chi connectivity index (χ2n) is 8.58. The van der Waals surface area contributed by atoms with E-state index in [4.69, 9.17) is 4.42 Å². The number of carbonyl (C=O) groups is 2. The van der Waals surface area contributed by atoms with Crippen LogP contribution in [0.3, 0.4) is 0 Å². The van der Waals surface area contributed by atoms with Crippen LogP contribution in [0, 0.1) is 5.82 Å². The minimum absolute atomic E-state index is 0.0741. The van der Waals surface area contributed by atoms with Gasteiger partial charge in [-0.05, 0) is 37.1 Å². The van der Waals surface area contributed by atoms with Crippen molar-refractivity contribution >= 4 is 11.8 Å². The number of likely N-dealkylation sites (tertiary alicyclic amines) is 1. The van der Waals surface area contributed by atoms with E-state index in [1.165, 1.54) is 25.0 Å². The molecule has 0 atom stereocenters. The maximum Gasteiger partial charge on any atom is 0.236 e. The standard InChI is InChI=1S/C24H31FN4O3/c25-20-7-5-19(6-8-20)21-17-26-22(32-21)9-10-23(30)29-15-13-27(14-16-29)18-24(31)28-11-3-1-2-4-12-28/h5-8,17H,1-4,9-16,18H2. The molecule has 0 N–H and O–H groups in total. The number of carbonyl (C=O) groups excluding carboxylic acids is 2. The Balaban J connectivity index is 1.19. The van der Waals surface area contributed by atoms with Crippen LogP contribution in [-0.4, -0.2) is 77.3 Å². The number of halogens is 1. The summed E-state index contributed by atoms with van der Waals surface area (Å²) in [6.07, 6.45) is 6.99. The molecule has 0 aliphatic carbocycles. The van der Waals surface area contributed by atoms with Crippen molar-refractivity contribution < 1.29 is 18.4 Å². The van der Waals surface area contributed by atoms with E-state index >= 15 is 0 Å². The zero-order valence-corrected chi connectivity index (χ0v) is 18.5. The van der Waals surface area contributed by atoms with Gasteiger partial charge in [0.25, 0.3) is 0 Å². The number of piperazine rings is 1. The van der Waals surface area contributed by atoms with Gasteiger partial charge in [0, 0.05) is 57.7 Å². The molecule has 0 unspecified atom stereocenters. The molecule has 32 heavy (non-hydrogen) atoms. The Labute approximate surface area is 188 Å². The van der Waals surface area contributed by atoms with E-state index in [1.54, 1.807) is 18.3 Å². The first kappa shape index (κ1) is 22.5. The molecular weight excluding hydrogens is 411 g/mol. The van der Waals surface area contributed by atoms with Crippen molar-refractivity contribution in [2.75, 3.05) is 45.8 Å². The van der Waals surface area contributed by atoms with Crippen LogP contribution in [0.15, 0.2) is 34.9 Å². The molecule has 2 amide bonds. The first-order valence-corrected chi connectivity index (χ1v) is 11.6. The Morgan fingerprint density at radius 1 is 0.875 bits per heavy atom. The van der Waals surface area contributed by atoms with Gasteiger partial charge in [-0.3, -0.25) is 14.5 Å². The highest BCUT2D eigenvalue weighted by Gasteiger charge is 2.24. The number of amides is 2. The van der Waals surface area contributed by atoms with Crippen molar-refractivity contribution in [2.45, 2.75) is 38.5 Å². The van der Waals surface area contributed by atoms with E-state index in [9.17, 15) is 14.0 Å². The van der Waals surface area contributed by atoms with E-state index in [0.29, 0.717) is 44.1 Å². The summed E-state index contributed by atoms with van der Waals surface area (Å²) in [5.74, 6) is 1.05. The Bertz CT molecular complexity index is 898. The first-order chi connectivity index (χ1) is 15.6. The average Bonchev–Trinajstić information content (AvgIpc) is 3.11. The number of nitrogens with zero attached hydrogens (tertiary/aromatic N) is 4.